The SMILES string of the molecule is CCCCN(CC(=O)N(C)C1(C#N)CCCCC1)Cc1nc2ccccc2c(=O)[nH]1. The first-order chi connectivity index (χ1) is 14.5. The summed E-state index contributed by atoms with van der Waals surface area (Å²) in [6.45, 7) is 3.43. The fraction of sp³-hybridized carbons (Fsp3) is 0.565. The number of likely N-dealkylation sites (N-methyl/N-ethyl adjacent to an activating group) is 1. The van der Waals surface area contributed by atoms with E-state index in [-0.39, 0.29) is 18.0 Å². The number of rotatable bonds is 8. The third-order valence-corrected chi connectivity index (χ3v) is 6.13. The quantitative estimate of drug-likeness (QED) is 0.723. The Morgan fingerprint density at radius 1 is 1.27 bits per heavy atom. The lowest BCUT2D eigenvalue weighted by atomic mass is 9.81. The number of carbonyl (C=O) groups excluding carboxylic acids is 1. The third kappa shape index (κ3) is 4.88. The Morgan fingerprint density at radius 3 is 2.70 bits per heavy atom. The first-order valence-electron chi connectivity index (χ1n) is 10.9. The maximum atomic E-state index is 13.1. The maximum Gasteiger partial charge on any atom is 0.258 e. The Kier molecular flexibility index (Phi) is 7.22. The van der Waals surface area contributed by atoms with Crippen molar-refractivity contribution in [1.29, 1.82) is 5.26 Å². The van der Waals surface area contributed by atoms with Gasteiger partial charge in [-0.15, -0.1) is 0 Å². The highest BCUT2D eigenvalue weighted by atomic mass is 16.2. The highest BCUT2D eigenvalue weighted by Crippen LogP contribution is 2.32. The maximum absolute atomic E-state index is 13.1. The molecule has 2 aromatic rings. The van der Waals surface area contributed by atoms with Crippen LogP contribution in [0.3, 0.4) is 0 Å². The molecule has 1 aromatic heterocycles. The zero-order chi connectivity index (χ0) is 21.6. The summed E-state index contributed by atoms with van der Waals surface area (Å²) in [5.41, 5.74) is -0.206. The number of nitriles is 1. The molecule has 0 bridgehead atoms. The van der Waals surface area contributed by atoms with Gasteiger partial charge in [-0.1, -0.05) is 44.7 Å². The van der Waals surface area contributed by atoms with Crippen molar-refractivity contribution in [2.24, 2.45) is 0 Å². The van der Waals surface area contributed by atoms with E-state index < -0.39 is 5.54 Å². The van der Waals surface area contributed by atoms with Crippen LogP contribution >= 0.6 is 0 Å². The number of hydrogen-bond donors (Lipinski definition) is 1. The zero-order valence-corrected chi connectivity index (χ0v) is 18.0. The lowest BCUT2D eigenvalue weighted by Crippen LogP contribution is -2.52. The largest absolute Gasteiger partial charge is 0.326 e. The number of unbranched alkanes of at least 4 members (excludes halogenated alkanes) is 1. The van der Waals surface area contributed by atoms with E-state index in [1.807, 2.05) is 23.1 Å². The number of hydrogen-bond acceptors (Lipinski definition) is 5. The summed E-state index contributed by atoms with van der Waals surface area (Å²) >= 11 is 0. The molecule has 7 nitrogen and oxygen atoms in total. The van der Waals surface area contributed by atoms with Gasteiger partial charge in [0.15, 0.2) is 0 Å². The van der Waals surface area contributed by atoms with Crippen molar-refractivity contribution in [2.75, 3.05) is 20.1 Å². The molecule has 0 saturated heterocycles. The molecule has 0 aliphatic heterocycles. The van der Waals surface area contributed by atoms with Gasteiger partial charge in [0.05, 0.1) is 30.1 Å². The fourth-order valence-electron chi connectivity index (χ4n) is 4.21. The Balaban J connectivity index is 1.76. The van der Waals surface area contributed by atoms with Gasteiger partial charge in [-0.25, -0.2) is 4.98 Å². The number of aromatic nitrogens is 2. The molecule has 3 rings (SSSR count). The molecule has 1 saturated carbocycles. The van der Waals surface area contributed by atoms with Crippen molar-refractivity contribution in [3.8, 4) is 6.07 Å². The van der Waals surface area contributed by atoms with Gasteiger partial charge in [-0.3, -0.25) is 14.5 Å². The first kappa shape index (κ1) is 22.0. The van der Waals surface area contributed by atoms with E-state index >= 15 is 0 Å². The molecule has 7 heteroatoms. The lowest BCUT2D eigenvalue weighted by Gasteiger charge is -2.39. The van der Waals surface area contributed by atoms with Crippen molar-refractivity contribution in [2.45, 2.75) is 64.0 Å². The average molecular weight is 410 g/mol. The monoisotopic (exact) mass is 409 g/mol. The van der Waals surface area contributed by atoms with E-state index in [9.17, 15) is 14.9 Å². The minimum Gasteiger partial charge on any atom is -0.326 e. The second-order valence-corrected chi connectivity index (χ2v) is 8.25. The predicted octanol–water partition coefficient (Wildman–Crippen LogP) is 3.21. The normalized spacial score (nSPS) is 15.8. The molecule has 1 heterocycles. The van der Waals surface area contributed by atoms with Gasteiger partial charge < -0.3 is 9.88 Å². The number of nitrogens with one attached hydrogen (secondary N) is 1. The molecule has 1 amide bonds. The topological polar surface area (TPSA) is 93.1 Å². The summed E-state index contributed by atoms with van der Waals surface area (Å²) in [4.78, 5) is 36.6. The summed E-state index contributed by atoms with van der Waals surface area (Å²) < 4.78 is 0. The van der Waals surface area contributed by atoms with E-state index in [1.54, 1.807) is 18.0 Å². The highest BCUT2D eigenvalue weighted by molar-refractivity contribution is 5.79. The molecule has 0 unspecified atom stereocenters. The number of carbonyl (C=O) groups is 1. The van der Waals surface area contributed by atoms with Crippen molar-refractivity contribution < 1.29 is 4.79 Å². The van der Waals surface area contributed by atoms with Gasteiger partial charge in [-0.05, 0) is 37.9 Å². The fourth-order valence-corrected chi connectivity index (χ4v) is 4.21. The van der Waals surface area contributed by atoms with Gasteiger partial charge in [0, 0.05) is 7.05 Å². The minimum atomic E-state index is -0.693. The van der Waals surface area contributed by atoms with Crippen LogP contribution in [-0.4, -0.2) is 51.4 Å². The molecular formula is C23H31N5O2. The number of fused-ring (bicyclic) bond motifs is 1. The molecule has 0 atom stereocenters. The molecule has 1 fully saturated rings. The van der Waals surface area contributed by atoms with Gasteiger partial charge in [-0.2, -0.15) is 5.26 Å². The number of H-pyrrole nitrogens is 1. The minimum absolute atomic E-state index is 0.0577. The summed E-state index contributed by atoms with van der Waals surface area (Å²) in [5, 5.41) is 10.4. The van der Waals surface area contributed by atoms with Crippen molar-refractivity contribution >= 4 is 16.8 Å². The Labute approximate surface area is 177 Å². The number of benzene rings is 1. The standard InChI is InChI=1S/C23H31N5O2/c1-3-4-14-28(15-20-25-19-11-7-6-10-18(19)22(30)26-20)16-21(29)27(2)23(17-24)12-8-5-9-13-23/h6-7,10-11H,3-5,8-9,12-16H2,1-2H3,(H,25,26,30). The van der Waals surface area contributed by atoms with Crippen LogP contribution in [0.25, 0.3) is 10.9 Å². The molecule has 160 valence electrons. The van der Waals surface area contributed by atoms with E-state index in [4.69, 9.17) is 0 Å². The van der Waals surface area contributed by atoms with Gasteiger partial charge in [0.1, 0.15) is 11.4 Å². The Hall–Kier alpha value is -2.72. The highest BCUT2D eigenvalue weighted by Gasteiger charge is 2.39. The van der Waals surface area contributed by atoms with Gasteiger partial charge in [0.25, 0.3) is 5.56 Å². The number of amides is 1. The van der Waals surface area contributed by atoms with Crippen LogP contribution in [0.5, 0.6) is 0 Å². The summed E-state index contributed by atoms with van der Waals surface area (Å²) in [5.74, 6) is 0.496. The first-order valence-corrected chi connectivity index (χ1v) is 10.9. The van der Waals surface area contributed by atoms with Gasteiger partial charge in [0.2, 0.25) is 5.91 Å². The van der Waals surface area contributed by atoms with Crippen molar-refractivity contribution in [3.63, 3.8) is 0 Å². The van der Waals surface area contributed by atoms with E-state index in [2.05, 4.69) is 23.0 Å². The van der Waals surface area contributed by atoms with E-state index in [1.165, 1.54) is 0 Å². The molecule has 0 spiro atoms. The molecular weight excluding hydrogens is 378 g/mol. The molecule has 1 N–H and O–H groups in total. The predicted molar refractivity (Wildman–Crippen MR) is 117 cm³/mol. The number of para-hydroxylation sites is 1. The van der Waals surface area contributed by atoms with Crippen LogP contribution < -0.4 is 5.56 Å². The summed E-state index contributed by atoms with van der Waals surface area (Å²) in [7, 11) is 1.75. The molecule has 0 radical (unpaired) electrons. The van der Waals surface area contributed by atoms with Crippen LogP contribution in [0.2, 0.25) is 0 Å². The van der Waals surface area contributed by atoms with Crippen molar-refractivity contribution in [3.05, 3.63) is 40.4 Å². The molecule has 30 heavy (non-hydrogen) atoms. The van der Waals surface area contributed by atoms with Crippen LogP contribution in [0, 0.1) is 11.3 Å². The Bertz CT molecular complexity index is 971. The number of aromatic amines is 1. The summed E-state index contributed by atoms with van der Waals surface area (Å²) in [6, 6.07) is 9.67. The molecule has 1 aliphatic rings. The van der Waals surface area contributed by atoms with Crippen LogP contribution in [0.4, 0.5) is 0 Å². The van der Waals surface area contributed by atoms with E-state index in [0.717, 1.165) is 51.5 Å². The second-order valence-electron chi connectivity index (χ2n) is 8.25. The summed E-state index contributed by atoms with van der Waals surface area (Å²) in [6.07, 6.45) is 6.50. The zero-order valence-electron chi connectivity index (χ0n) is 18.0. The van der Waals surface area contributed by atoms with Gasteiger partial charge >= 0.3 is 0 Å². The Morgan fingerprint density at radius 2 is 2.00 bits per heavy atom. The molecule has 1 aliphatic carbocycles. The lowest BCUT2D eigenvalue weighted by molar-refractivity contribution is -0.136. The average Bonchev–Trinajstić information content (AvgIpc) is 2.77. The number of nitrogens with zero attached hydrogens (tertiary/aromatic N) is 4. The van der Waals surface area contributed by atoms with Crippen LogP contribution in [0.15, 0.2) is 29.1 Å². The van der Waals surface area contributed by atoms with Crippen LogP contribution in [0.1, 0.15) is 57.7 Å². The molecule has 1 aromatic carbocycles. The smallest absolute Gasteiger partial charge is 0.258 e. The van der Waals surface area contributed by atoms with E-state index in [0.29, 0.717) is 23.3 Å². The second kappa shape index (κ2) is 9.86. The third-order valence-electron chi connectivity index (χ3n) is 6.13. The van der Waals surface area contributed by atoms with Crippen molar-refractivity contribution in [1.82, 2.24) is 19.8 Å². The van der Waals surface area contributed by atoms with Crippen LogP contribution in [-0.2, 0) is 11.3 Å².